The lowest BCUT2D eigenvalue weighted by molar-refractivity contribution is -0.143. The van der Waals surface area contributed by atoms with Crippen molar-refractivity contribution in [2.75, 3.05) is 6.61 Å². The summed E-state index contributed by atoms with van der Waals surface area (Å²) >= 11 is 0. The van der Waals surface area contributed by atoms with E-state index in [4.69, 9.17) is 4.74 Å². The SMILES string of the molecule is O=C(CC1CCCC1NC(=O)OCC1c2ccccc2-c2ccccc21)NC1(C(=O)O)CC1. The fourth-order valence-corrected chi connectivity index (χ4v) is 5.34. The molecule has 0 heterocycles. The van der Waals surface area contributed by atoms with E-state index >= 15 is 0 Å². The van der Waals surface area contributed by atoms with Crippen LogP contribution in [0.25, 0.3) is 11.1 Å². The van der Waals surface area contributed by atoms with E-state index in [0.29, 0.717) is 12.8 Å². The molecule has 7 heteroatoms. The number of carbonyl (C=O) groups excluding carboxylic acids is 2. The Morgan fingerprint density at radius 1 is 0.970 bits per heavy atom. The summed E-state index contributed by atoms with van der Waals surface area (Å²) < 4.78 is 5.65. The molecule has 2 saturated carbocycles. The number of hydrogen-bond acceptors (Lipinski definition) is 4. The lowest BCUT2D eigenvalue weighted by atomic mass is 9.98. The number of rotatable bonds is 7. The molecule has 2 aromatic rings. The second-order valence-electron chi connectivity index (χ2n) is 9.41. The standard InChI is InChI=1S/C26H28N2O5/c29-23(28-26(12-13-26)24(30)31)14-16-6-5-11-22(16)27-25(32)33-15-21-19-9-3-1-7-17(19)18-8-2-4-10-20(18)21/h1-4,7-10,16,21-22H,5-6,11-15H2,(H,27,32)(H,28,29)(H,30,31). The molecular formula is C26H28N2O5. The molecule has 2 aromatic carbocycles. The summed E-state index contributed by atoms with van der Waals surface area (Å²) in [5.41, 5.74) is 3.60. The Morgan fingerprint density at radius 3 is 2.21 bits per heavy atom. The Morgan fingerprint density at radius 2 is 1.61 bits per heavy atom. The van der Waals surface area contributed by atoms with E-state index in [1.807, 2.05) is 24.3 Å². The summed E-state index contributed by atoms with van der Waals surface area (Å²) in [5, 5.41) is 14.9. The van der Waals surface area contributed by atoms with Crippen molar-refractivity contribution in [3.05, 3.63) is 59.7 Å². The maximum absolute atomic E-state index is 12.6. The molecule has 2 atom stereocenters. The van der Waals surface area contributed by atoms with Crippen LogP contribution in [-0.4, -0.2) is 41.3 Å². The molecule has 3 aliphatic rings. The third-order valence-corrected chi connectivity index (χ3v) is 7.29. The Labute approximate surface area is 192 Å². The largest absolute Gasteiger partial charge is 0.480 e. The van der Waals surface area contributed by atoms with Crippen LogP contribution in [0.4, 0.5) is 4.79 Å². The van der Waals surface area contributed by atoms with Crippen LogP contribution >= 0.6 is 0 Å². The van der Waals surface area contributed by atoms with E-state index in [-0.39, 0.29) is 36.8 Å². The molecule has 33 heavy (non-hydrogen) atoms. The minimum atomic E-state index is -1.08. The Bertz CT molecular complexity index is 1050. The summed E-state index contributed by atoms with van der Waals surface area (Å²) in [6.45, 7) is 0.249. The number of carboxylic acids is 1. The average molecular weight is 449 g/mol. The number of carboxylic acid groups (broad SMARTS) is 1. The predicted molar refractivity (Wildman–Crippen MR) is 122 cm³/mol. The minimum Gasteiger partial charge on any atom is -0.480 e. The number of benzene rings is 2. The fourth-order valence-electron chi connectivity index (χ4n) is 5.34. The molecule has 3 N–H and O–H groups in total. The van der Waals surface area contributed by atoms with E-state index in [9.17, 15) is 19.5 Å². The summed E-state index contributed by atoms with van der Waals surface area (Å²) in [7, 11) is 0. The number of aliphatic carboxylic acids is 1. The number of carbonyl (C=O) groups is 3. The lowest BCUT2D eigenvalue weighted by Gasteiger charge is -2.22. The number of amides is 2. The van der Waals surface area contributed by atoms with Gasteiger partial charge in [0.25, 0.3) is 0 Å². The van der Waals surface area contributed by atoms with Crippen LogP contribution < -0.4 is 10.6 Å². The van der Waals surface area contributed by atoms with Crippen LogP contribution in [0.2, 0.25) is 0 Å². The Kier molecular flexibility index (Phi) is 5.56. The van der Waals surface area contributed by atoms with Crippen molar-refractivity contribution >= 4 is 18.0 Å². The van der Waals surface area contributed by atoms with Crippen molar-refractivity contribution in [1.29, 1.82) is 0 Å². The molecule has 0 radical (unpaired) electrons. The molecule has 7 nitrogen and oxygen atoms in total. The number of fused-ring (bicyclic) bond motifs is 3. The van der Waals surface area contributed by atoms with Crippen molar-refractivity contribution in [3.63, 3.8) is 0 Å². The maximum atomic E-state index is 12.6. The molecule has 0 spiro atoms. The van der Waals surface area contributed by atoms with Gasteiger partial charge in [-0.15, -0.1) is 0 Å². The molecule has 2 amide bonds. The second-order valence-corrected chi connectivity index (χ2v) is 9.41. The number of nitrogens with one attached hydrogen (secondary N) is 2. The van der Waals surface area contributed by atoms with Crippen LogP contribution in [0.15, 0.2) is 48.5 Å². The van der Waals surface area contributed by atoms with Crippen LogP contribution in [0.5, 0.6) is 0 Å². The van der Waals surface area contributed by atoms with Gasteiger partial charge in [-0.2, -0.15) is 0 Å². The molecule has 0 saturated heterocycles. The summed E-state index contributed by atoms with van der Waals surface area (Å²) in [5.74, 6) is -1.26. The van der Waals surface area contributed by atoms with Crippen molar-refractivity contribution in [2.45, 2.75) is 56.0 Å². The number of alkyl carbamates (subject to hydrolysis) is 1. The van der Waals surface area contributed by atoms with E-state index in [1.165, 1.54) is 11.1 Å². The zero-order valence-electron chi connectivity index (χ0n) is 18.4. The predicted octanol–water partition coefficient (Wildman–Crippen LogP) is 3.82. The van der Waals surface area contributed by atoms with Gasteiger partial charge in [-0.25, -0.2) is 9.59 Å². The Hall–Kier alpha value is -3.35. The van der Waals surface area contributed by atoms with Gasteiger partial charge in [0.05, 0.1) is 0 Å². The minimum absolute atomic E-state index is 0.000877. The quantitative estimate of drug-likeness (QED) is 0.597. The fraction of sp³-hybridized carbons (Fsp3) is 0.423. The van der Waals surface area contributed by atoms with Crippen molar-refractivity contribution < 1.29 is 24.2 Å². The van der Waals surface area contributed by atoms with E-state index in [0.717, 1.165) is 30.4 Å². The highest BCUT2D eigenvalue weighted by Crippen LogP contribution is 2.44. The van der Waals surface area contributed by atoms with Gasteiger partial charge < -0.3 is 20.5 Å². The third kappa shape index (κ3) is 4.19. The zero-order chi connectivity index (χ0) is 23.0. The molecule has 3 aliphatic carbocycles. The van der Waals surface area contributed by atoms with E-state index in [2.05, 4.69) is 34.9 Å². The first-order valence-corrected chi connectivity index (χ1v) is 11.6. The van der Waals surface area contributed by atoms with Gasteiger partial charge in [0.2, 0.25) is 5.91 Å². The van der Waals surface area contributed by atoms with Gasteiger partial charge in [0.15, 0.2) is 0 Å². The second kappa shape index (κ2) is 8.54. The smallest absolute Gasteiger partial charge is 0.407 e. The average Bonchev–Trinajstić information content (AvgIpc) is 3.36. The molecule has 5 rings (SSSR count). The highest BCUT2D eigenvalue weighted by atomic mass is 16.5. The normalized spacial score (nSPS) is 22.2. The first-order chi connectivity index (χ1) is 16.0. The van der Waals surface area contributed by atoms with E-state index < -0.39 is 17.6 Å². The van der Waals surface area contributed by atoms with Crippen LogP contribution in [-0.2, 0) is 14.3 Å². The molecule has 2 fully saturated rings. The van der Waals surface area contributed by atoms with Gasteiger partial charge >= 0.3 is 12.1 Å². The topological polar surface area (TPSA) is 105 Å². The molecule has 0 bridgehead atoms. The van der Waals surface area contributed by atoms with Gasteiger partial charge in [0.1, 0.15) is 12.1 Å². The first-order valence-electron chi connectivity index (χ1n) is 11.6. The Balaban J connectivity index is 1.17. The van der Waals surface area contributed by atoms with Gasteiger partial charge in [-0.05, 0) is 53.9 Å². The monoisotopic (exact) mass is 448 g/mol. The van der Waals surface area contributed by atoms with Gasteiger partial charge in [-0.1, -0.05) is 55.0 Å². The summed E-state index contributed by atoms with van der Waals surface area (Å²) in [6, 6.07) is 16.2. The molecule has 0 aromatic heterocycles. The maximum Gasteiger partial charge on any atom is 0.407 e. The lowest BCUT2D eigenvalue weighted by Crippen LogP contribution is -2.45. The van der Waals surface area contributed by atoms with Crippen LogP contribution in [0, 0.1) is 5.92 Å². The van der Waals surface area contributed by atoms with E-state index in [1.54, 1.807) is 0 Å². The summed E-state index contributed by atoms with van der Waals surface area (Å²) in [6.07, 6.45) is 3.20. The summed E-state index contributed by atoms with van der Waals surface area (Å²) in [4.78, 5) is 36.3. The third-order valence-electron chi connectivity index (χ3n) is 7.29. The number of hydrogen-bond donors (Lipinski definition) is 3. The molecular weight excluding hydrogens is 420 g/mol. The van der Waals surface area contributed by atoms with Crippen LogP contribution in [0.1, 0.15) is 55.6 Å². The molecule has 172 valence electrons. The van der Waals surface area contributed by atoms with Gasteiger partial charge in [0, 0.05) is 18.4 Å². The van der Waals surface area contributed by atoms with Crippen molar-refractivity contribution in [1.82, 2.24) is 10.6 Å². The van der Waals surface area contributed by atoms with Crippen molar-refractivity contribution in [2.24, 2.45) is 5.92 Å². The van der Waals surface area contributed by atoms with Gasteiger partial charge in [-0.3, -0.25) is 4.79 Å². The number of ether oxygens (including phenoxy) is 1. The molecule has 0 aliphatic heterocycles. The highest BCUT2D eigenvalue weighted by molar-refractivity contribution is 5.89. The highest BCUT2D eigenvalue weighted by Gasteiger charge is 2.51. The van der Waals surface area contributed by atoms with Crippen LogP contribution in [0.3, 0.4) is 0 Å². The first kappa shape index (κ1) is 21.5. The molecule has 2 unspecified atom stereocenters. The van der Waals surface area contributed by atoms with Crippen molar-refractivity contribution in [3.8, 4) is 11.1 Å². The zero-order valence-corrected chi connectivity index (χ0v) is 18.4.